The van der Waals surface area contributed by atoms with Crippen LogP contribution in [0.25, 0.3) is 0 Å². The summed E-state index contributed by atoms with van der Waals surface area (Å²) in [6.45, 7) is 4.76. The van der Waals surface area contributed by atoms with E-state index in [4.69, 9.17) is 16.3 Å². The number of amides is 2. The van der Waals surface area contributed by atoms with Gasteiger partial charge >= 0.3 is 0 Å². The Hall–Kier alpha value is -2.57. The zero-order valence-corrected chi connectivity index (χ0v) is 15.9. The predicted molar refractivity (Wildman–Crippen MR) is 106 cm³/mol. The van der Waals surface area contributed by atoms with Crippen molar-refractivity contribution in [2.45, 2.75) is 13.5 Å². The molecule has 3 rings (SSSR count). The Bertz CT molecular complexity index is 818. The molecule has 0 saturated carbocycles. The van der Waals surface area contributed by atoms with Crippen molar-refractivity contribution in [1.29, 1.82) is 0 Å². The molecule has 2 amide bonds. The van der Waals surface area contributed by atoms with E-state index in [1.807, 2.05) is 24.3 Å². The van der Waals surface area contributed by atoms with Gasteiger partial charge < -0.3 is 20.3 Å². The molecule has 1 saturated heterocycles. The maximum Gasteiger partial charge on any atom is 0.255 e. The molecule has 0 aliphatic carbocycles. The van der Waals surface area contributed by atoms with Crippen molar-refractivity contribution in [2.24, 2.45) is 0 Å². The average molecular weight is 388 g/mol. The van der Waals surface area contributed by atoms with Crippen molar-refractivity contribution in [3.05, 3.63) is 58.6 Å². The van der Waals surface area contributed by atoms with Crippen LogP contribution in [0.3, 0.4) is 0 Å². The number of nitrogens with one attached hydrogen (secondary N) is 2. The molecule has 7 heteroatoms. The number of anilines is 2. The fourth-order valence-electron chi connectivity index (χ4n) is 2.88. The number of hydrogen-bond donors (Lipinski definition) is 2. The van der Waals surface area contributed by atoms with E-state index in [0.29, 0.717) is 36.0 Å². The monoisotopic (exact) mass is 387 g/mol. The lowest BCUT2D eigenvalue weighted by Crippen LogP contribution is -2.36. The van der Waals surface area contributed by atoms with Crippen molar-refractivity contribution in [2.75, 3.05) is 36.5 Å². The maximum atomic E-state index is 12.7. The average Bonchev–Trinajstić information content (AvgIpc) is 2.67. The summed E-state index contributed by atoms with van der Waals surface area (Å²) in [5.41, 5.74) is 3.07. The smallest absolute Gasteiger partial charge is 0.255 e. The lowest BCUT2D eigenvalue weighted by Gasteiger charge is -2.30. The Balaban J connectivity index is 1.73. The maximum absolute atomic E-state index is 12.7. The van der Waals surface area contributed by atoms with Gasteiger partial charge in [0.2, 0.25) is 5.91 Å². The molecule has 2 aromatic rings. The summed E-state index contributed by atoms with van der Waals surface area (Å²) < 4.78 is 5.40. The first kappa shape index (κ1) is 19.2. The molecule has 0 bridgehead atoms. The van der Waals surface area contributed by atoms with Crippen molar-refractivity contribution in [1.82, 2.24) is 5.32 Å². The topological polar surface area (TPSA) is 70.7 Å². The van der Waals surface area contributed by atoms with E-state index in [1.54, 1.807) is 18.2 Å². The molecule has 2 aromatic carbocycles. The number of ether oxygens (including phenoxy) is 1. The van der Waals surface area contributed by atoms with E-state index in [0.717, 1.165) is 24.3 Å². The number of carbonyl (C=O) groups excluding carboxylic acids is 2. The van der Waals surface area contributed by atoms with Gasteiger partial charge in [-0.1, -0.05) is 23.7 Å². The van der Waals surface area contributed by atoms with Crippen LogP contribution in [0, 0.1) is 0 Å². The molecule has 0 spiro atoms. The predicted octanol–water partition coefficient (Wildman–Crippen LogP) is 3.07. The van der Waals surface area contributed by atoms with E-state index >= 15 is 0 Å². The minimum atomic E-state index is -0.210. The van der Waals surface area contributed by atoms with Gasteiger partial charge in [-0.2, -0.15) is 0 Å². The van der Waals surface area contributed by atoms with Crippen LogP contribution in [-0.4, -0.2) is 38.1 Å². The molecule has 1 aliphatic rings. The highest BCUT2D eigenvalue weighted by atomic mass is 35.5. The van der Waals surface area contributed by atoms with E-state index in [2.05, 4.69) is 15.5 Å². The molecule has 0 aromatic heterocycles. The Morgan fingerprint density at radius 1 is 1.11 bits per heavy atom. The molecule has 1 heterocycles. The molecule has 0 atom stereocenters. The van der Waals surface area contributed by atoms with E-state index in [9.17, 15) is 9.59 Å². The number of hydrogen-bond acceptors (Lipinski definition) is 4. The van der Waals surface area contributed by atoms with Gasteiger partial charge in [-0.05, 0) is 35.9 Å². The van der Waals surface area contributed by atoms with Gasteiger partial charge in [0.15, 0.2) is 0 Å². The zero-order chi connectivity index (χ0) is 19.2. The molecular weight excluding hydrogens is 366 g/mol. The standard InChI is InChI=1S/C20H22ClN3O3/c1-14(25)22-13-15-2-4-16(5-3-15)20(26)23-18-12-17(21)6-7-19(18)24-8-10-27-11-9-24/h2-7,12H,8-11,13H2,1H3,(H,22,25)(H,23,26). The minimum absolute atomic E-state index is 0.0894. The van der Waals surface area contributed by atoms with Crippen LogP contribution >= 0.6 is 11.6 Å². The first-order chi connectivity index (χ1) is 13.0. The van der Waals surface area contributed by atoms with Crippen LogP contribution in [-0.2, 0) is 16.1 Å². The van der Waals surface area contributed by atoms with Gasteiger partial charge in [-0.25, -0.2) is 0 Å². The Kier molecular flexibility index (Phi) is 6.32. The summed E-state index contributed by atoms with van der Waals surface area (Å²) in [6.07, 6.45) is 0. The van der Waals surface area contributed by atoms with Gasteiger partial charge in [-0.15, -0.1) is 0 Å². The van der Waals surface area contributed by atoms with Crippen LogP contribution in [0.1, 0.15) is 22.8 Å². The lowest BCUT2D eigenvalue weighted by atomic mass is 10.1. The molecule has 0 unspecified atom stereocenters. The van der Waals surface area contributed by atoms with Gasteiger partial charge in [0.1, 0.15) is 0 Å². The highest BCUT2D eigenvalue weighted by molar-refractivity contribution is 6.31. The summed E-state index contributed by atoms with van der Waals surface area (Å²) in [5, 5.41) is 6.25. The second kappa shape index (κ2) is 8.88. The van der Waals surface area contributed by atoms with Crippen LogP contribution in [0.2, 0.25) is 5.02 Å². The number of halogens is 1. The highest BCUT2D eigenvalue weighted by Crippen LogP contribution is 2.30. The normalized spacial score (nSPS) is 13.9. The summed E-state index contributed by atoms with van der Waals surface area (Å²) in [5.74, 6) is -0.300. The third-order valence-electron chi connectivity index (χ3n) is 4.32. The van der Waals surface area contributed by atoms with Crippen molar-refractivity contribution in [3.8, 4) is 0 Å². The van der Waals surface area contributed by atoms with Crippen molar-refractivity contribution in [3.63, 3.8) is 0 Å². The summed E-state index contributed by atoms with van der Waals surface area (Å²) in [7, 11) is 0. The van der Waals surface area contributed by atoms with Crippen LogP contribution in [0.4, 0.5) is 11.4 Å². The third-order valence-corrected chi connectivity index (χ3v) is 4.55. The Morgan fingerprint density at radius 3 is 2.48 bits per heavy atom. The van der Waals surface area contributed by atoms with E-state index in [1.165, 1.54) is 6.92 Å². The largest absolute Gasteiger partial charge is 0.378 e. The summed E-state index contributed by atoms with van der Waals surface area (Å²) in [4.78, 5) is 25.8. The molecular formula is C20H22ClN3O3. The zero-order valence-electron chi connectivity index (χ0n) is 15.1. The molecule has 142 valence electrons. The van der Waals surface area contributed by atoms with Gasteiger partial charge in [-0.3, -0.25) is 9.59 Å². The third kappa shape index (κ3) is 5.21. The second-order valence-electron chi connectivity index (χ2n) is 6.32. The molecule has 1 fully saturated rings. The van der Waals surface area contributed by atoms with Crippen molar-refractivity contribution >= 4 is 34.8 Å². The second-order valence-corrected chi connectivity index (χ2v) is 6.76. The number of benzene rings is 2. The number of morpholine rings is 1. The Morgan fingerprint density at radius 2 is 1.81 bits per heavy atom. The summed E-state index contributed by atoms with van der Waals surface area (Å²) in [6, 6.07) is 12.6. The summed E-state index contributed by atoms with van der Waals surface area (Å²) >= 11 is 6.14. The van der Waals surface area contributed by atoms with Crippen LogP contribution < -0.4 is 15.5 Å². The first-order valence-corrected chi connectivity index (χ1v) is 9.18. The number of nitrogens with zero attached hydrogens (tertiary/aromatic N) is 1. The number of carbonyl (C=O) groups is 2. The minimum Gasteiger partial charge on any atom is -0.378 e. The quantitative estimate of drug-likeness (QED) is 0.827. The SMILES string of the molecule is CC(=O)NCc1ccc(C(=O)Nc2cc(Cl)ccc2N2CCOCC2)cc1. The Labute approximate surface area is 163 Å². The molecule has 0 radical (unpaired) electrons. The number of rotatable bonds is 5. The van der Waals surface area contributed by atoms with Crippen molar-refractivity contribution < 1.29 is 14.3 Å². The van der Waals surface area contributed by atoms with Gasteiger partial charge in [0.05, 0.1) is 24.6 Å². The fraction of sp³-hybridized carbons (Fsp3) is 0.300. The van der Waals surface area contributed by atoms with E-state index < -0.39 is 0 Å². The van der Waals surface area contributed by atoms with Gasteiger partial charge in [0.25, 0.3) is 5.91 Å². The molecule has 1 aliphatic heterocycles. The molecule has 2 N–H and O–H groups in total. The van der Waals surface area contributed by atoms with Gasteiger partial charge in [0, 0.05) is 37.1 Å². The van der Waals surface area contributed by atoms with Crippen LogP contribution in [0.15, 0.2) is 42.5 Å². The first-order valence-electron chi connectivity index (χ1n) is 8.80. The van der Waals surface area contributed by atoms with E-state index in [-0.39, 0.29) is 11.8 Å². The molecule has 27 heavy (non-hydrogen) atoms. The van der Waals surface area contributed by atoms with Crippen LogP contribution in [0.5, 0.6) is 0 Å². The molecule has 6 nitrogen and oxygen atoms in total. The fourth-order valence-corrected chi connectivity index (χ4v) is 3.06. The highest BCUT2D eigenvalue weighted by Gasteiger charge is 2.17. The lowest BCUT2D eigenvalue weighted by molar-refractivity contribution is -0.119.